The molecule has 0 fully saturated rings. The van der Waals surface area contributed by atoms with E-state index < -0.39 is 0 Å². The molecule has 1 aromatic carbocycles. The highest BCUT2D eigenvalue weighted by molar-refractivity contribution is 5.37. The fourth-order valence-corrected chi connectivity index (χ4v) is 3.02. The lowest BCUT2D eigenvalue weighted by Crippen LogP contribution is -2.32. The average Bonchev–Trinajstić information content (AvgIpc) is 2.54. The van der Waals surface area contributed by atoms with Gasteiger partial charge in [0.25, 0.3) is 0 Å². The Morgan fingerprint density at radius 2 is 2.11 bits per heavy atom. The van der Waals surface area contributed by atoms with Crippen LogP contribution in [-0.4, -0.2) is 17.8 Å². The standard InChI is InChI=1S/C16H25NO/c1-12(18)7-6-10-17-15-14-9-5-4-8-13(14)11-16(15,2)3/h4-5,8-9,12,15,17-18H,6-7,10-11H2,1-3H3. The maximum atomic E-state index is 9.28. The van der Waals surface area contributed by atoms with Crippen LogP contribution >= 0.6 is 0 Å². The summed E-state index contributed by atoms with van der Waals surface area (Å²) in [5, 5.41) is 12.9. The van der Waals surface area contributed by atoms with Crippen molar-refractivity contribution in [2.75, 3.05) is 6.54 Å². The molecule has 0 saturated carbocycles. The van der Waals surface area contributed by atoms with Crippen LogP contribution in [0.4, 0.5) is 0 Å². The molecule has 0 aromatic heterocycles. The Morgan fingerprint density at radius 1 is 1.39 bits per heavy atom. The SMILES string of the molecule is CC(O)CCCNC1c2ccccc2CC1(C)C. The number of hydrogen-bond acceptors (Lipinski definition) is 2. The van der Waals surface area contributed by atoms with Crippen LogP contribution in [0.3, 0.4) is 0 Å². The quantitative estimate of drug-likeness (QED) is 0.784. The Labute approximate surface area is 110 Å². The van der Waals surface area contributed by atoms with Crippen LogP contribution in [0.1, 0.15) is 50.8 Å². The summed E-state index contributed by atoms with van der Waals surface area (Å²) < 4.78 is 0. The molecule has 2 N–H and O–H groups in total. The Balaban J connectivity index is 1.98. The monoisotopic (exact) mass is 247 g/mol. The van der Waals surface area contributed by atoms with E-state index >= 15 is 0 Å². The van der Waals surface area contributed by atoms with Crippen LogP contribution in [0.15, 0.2) is 24.3 Å². The molecule has 0 saturated heterocycles. The summed E-state index contributed by atoms with van der Waals surface area (Å²) in [5.41, 5.74) is 3.23. The van der Waals surface area contributed by atoms with Gasteiger partial charge in [0.1, 0.15) is 0 Å². The maximum absolute atomic E-state index is 9.28. The smallest absolute Gasteiger partial charge is 0.0512 e. The number of rotatable bonds is 5. The van der Waals surface area contributed by atoms with E-state index in [1.807, 2.05) is 6.92 Å². The van der Waals surface area contributed by atoms with E-state index in [1.165, 1.54) is 11.1 Å². The third-order valence-electron chi connectivity index (χ3n) is 3.94. The normalized spacial score (nSPS) is 22.8. The second kappa shape index (κ2) is 5.41. The van der Waals surface area contributed by atoms with Gasteiger partial charge in [0.15, 0.2) is 0 Å². The molecule has 1 aliphatic carbocycles. The molecular weight excluding hydrogens is 222 g/mol. The van der Waals surface area contributed by atoms with Crippen molar-refractivity contribution in [3.8, 4) is 0 Å². The van der Waals surface area contributed by atoms with E-state index in [9.17, 15) is 5.11 Å². The molecule has 18 heavy (non-hydrogen) atoms. The molecule has 2 unspecified atom stereocenters. The Kier molecular flexibility index (Phi) is 4.08. The third kappa shape index (κ3) is 2.93. The van der Waals surface area contributed by atoms with Gasteiger partial charge in [-0.15, -0.1) is 0 Å². The second-order valence-corrected chi connectivity index (χ2v) is 6.24. The molecule has 0 bridgehead atoms. The first-order valence-electron chi connectivity index (χ1n) is 7.00. The fourth-order valence-electron chi connectivity index (χ4n) is 3.02. The molecule has 2 nitrogen and oxygen atoms in total. The summed E-state index contributed by atoms with van der Waals surface area (Å²) in [6.45, 7) is 7.50. The third-order valence-corrected chi connectivity index (χ3v) is 3.94. The minimum absolute atomic E-state index is 0.185. The predicted molar refractivity (Wildman–Crippen MR) is 75.6 cm³/mol. The molecule has 0 aliphatic heterocycles. The van der Waals surface area contributed by atoms with Crippen LogP contribution in [0, 0.1) is 5.41 Å². The highest BCUT2D eigenvalue weighted by Crippen LogP contribution is 2.44. The van der Waals surface area contributed by atoms with Crippen molar-refractivity contribution in [3.05, 3.63) is 35.4 Å². The lowest BCUT2D eigenvalue weighted by Gasteiger charge is -2.28. The Hall–Kier alpha value is -0.860. The van der Waals surface area contributed by atoms with E-state index in [4.69, 9.17) is 0 Å². The summed E-state index contributed by atoms with van der Waals surface area (Å²) in [7, 11) is 0. The molecule has 0 spiro atoms. The molecule has 1 aliphatic rings. The number of fused-ring (bicyclic) bond motifs is 1. The minimum Gasteiger partial charge on any atom is -0.393 e. The molecule has 2 atom stereocenters. The van der Waals surface area contributed by atoms with E-state index in [0.29, 0.717) is 6.04 Å². The molecule has 2 heteroatoms. The van der Waals surface area contributed by atoms with Gasteiger partial charge in [0.2, 0.25) is 0 Å². The number of benzene rings is 1. The number of nitrogens with one attached hydrogen (secondary N) is 1. The molecule has 2 rings (SSSR count). The molecule has 0 amide bonds. The van der Waals surface area contributed by atoms with Crippen molar-refractivity contribution < 1.29 is 5.11 Å². The zero-order valence-electron chi connectivity index (χ0n) is 11.7. The summed E-state index contributed by atoms with van der Waals surface area (Å²) in [4.78, 5) is 0. The molecule has 0 radical (unpaired) electrons. The van der Waals surface area contributed by atoms with Crippen molar-refractivity contribution in [2.24, 2.45) is 5.41 Å². The van der Waals surface area contributed by atoms with E-state index in [2.05, 4.69) is 43.4 Å². The van der Waals surface area contributed by atoms with Crippen LogP contribution in [0.25, 0.3) is 0 Å². The fraction of sp³-hybridized carbons (Fsp3) is 0.625. The summed E-state index contributed by atoms with van der Waals surface area (Å²) in [5.74, 6) is 0. The first kappa shape index (κ1) is 13.6. The Morgan fingerprint density at radius 3 is 2.83 bits per heavy atom. The topological polar surface area (TPSA) is 32.3 Å². The van der Waals surface area contributed by atoms with Gasteiger partial charge in [0.05, 0.1) is 6.10 Å². The Bertz CT molecular complexity index is 398. The summed E-state index contributed by atoms with van der Waals surface area (Å²) in [6.07, 6.45) is 2.88. The highest BCUT2D eigenvalue weighted by Gasteiger charge is 2.37. The van der Waals surface area contributed by atoms with Crippen LogP contribution in [0.2, 0.25) is 0 Å². The van der Waals surface area contributed by atoms with Crippen molar-refractivity contribution in [1.29, 1.82) is 0 Å². The average molecular weight is 247 g/mol. The number of aliphatic hydroxyl groups is 1. The second-order valence-electron chi connectivity index (χ2n) is 6.24. The van der Waals surface area contributed by atoms with E-state index in [0.717, 1.165) is 25.8 Å². The van der Waals surface area contributed by atoms with Gasteiger partial charge in [-0.25, -0.2) is 0 Å². The molecular formula is C16H25NO. The maximum Gasteiger partial charge on any atom is 0.0512 e. The van der Waals surface area contributed by atoms with Crippen molar-refractivity contribution >= 4 is 0 Å². The van der Waals surface area contributed by atoms with E-state index in [-0.39, 0.29) is 11.5 Å². The zero-order chi connectivity index (χ0) is 13.2. The molecule has 100 valence electrons. The summed E-state index contributed by atoms with van der Waals surface area (Å²) in [6, 6.07) is 9.20. The zero-order valence-corrected chi connectivity index (χ0v) is 11.7. The predicted octanol–water partition coefficient (Wildman–Crippen LogP) is 3.06. The van der Waals surface area contributed by atoms with Crippen molar-refractivity contribution in [1.82, 2.24) is 5.32 Å². The number of hydrogen-bond donors (Lipinski definition) is 2. The molecule has 0 heterocycles. The lowest BCUT2D eigenvalue weighted by atomic mass is 9.85. The van der Waals surface area contributed by atoms with Crippen molar-refractivity contribution in [2.45, 2.75) is 52.2 Å². The summed E-state index contributed by atoms with van der Waals surface area (Å²) >= 11 is 0. The van der Waals surface area contributed by atoms with Crippen LogP contribution < -0.4 is 5.32 Å². The first-order chi connectivity index (χ1) is 8.50. The number of aliphatic hydroxyl groups excluding tert-OH is 1. The van der Waals surface area contributed by atoms with Gasteiger partial charge < -0.3 is 10.4 Å². The largest absolute Gasteiger partial charge is 0.393 e. The van der Waals surface area contributed by atoms with Crippen LogP contribution in [-0.2, 0) is 6.42 Å². The van der Waals surface area contributed by atoms with Gasteiger partial charge in [-0.3, -0.25) is 0 Å². The molecule has 1 aromatic rings. The highest BCUT2D eigenvalue weighted by atomic mass is 16.3. The van der Waals surface area contributed by atoms with Gasteiger partial charge in [-0.1, -0.05) is 38.1 Å². The van der Waals surface area contributed by atoms with Gasteiger partial charge in [0, 0.05) is 6.04 Å². The van der Waals surface area contributed by atoms with Gasteiger partial charge in [-0.2, -0.15) is 0 Å². The van der Waals surface area contributed by atoms with Gasteiger partial charge in [-0.05, 0) is 49.3 Å². The van der Waals surface area contributed by atoms with Crippen LogP contribution in [0.5, 0.6) is 0 Å². The first-order valence-corrected chi connectivity index (χ1v) is 7.00. The van der Waals surface area contributed by atoms with E-state index in [1.54, 1.807) is 0 Å². The lowest BCUT2D eigenvalue weighted by molar-refractivity contribution is 0.179. The van der Waals surface area contributed by atoms with Crippen molar-refractivity contribution in [3.63, 3.8) is 0 Å². The van der Waals surface area contributed by atoms with Gasteiger partial charge >= 0.3 is 0 Å². The minimum atomic E-state index is -0.185.